The fourth-order valence-electron chi connectivity index (χ4n) is 4.07. The first-order valence-corrected chi connectivity index (χ1v) is 8.48. The number of piperazine rings is 1. The van der Waals surface area contributed by atoms with Crippen LogP contribution in [0.25, 0.3) is 0 Å². The van der Waals surface area contributed by atoms with E-state index in [4.69, 9.17) is 4.74 Å². The second kappa shape index (κ2) is 7.28. The molecule has 1 heterocycles. The Labute approximate surface area is 128 Å². The van der Waals surface area contributed by atoms with Crippen LogP contribution in [0.1, 0.15) is 43.7 Å². The first-order valence-electron chi connectivity index (χ1n) is 8.48. The fourth-order valence-corrected chi connectivity index (χ4v) is 4.07. The first-order chi connectivity index (χ1) is 10.4. The molecule has 1 N–H and O–H groups in total. The van der Waals surface area contributed by atoms with E-state index in [-0.39, 0.29) is 0 Å². The number of nitrogens with zero attached hydrogens (tertiary/aromatic N) is 1. The van der Waals surface area contributed by atoms with Gasteiger partial charge in [-0.15, -0.1) is 0 Å². The van der Waals surface area contributed by atoms with Crippen molar-refractivity contribution in [3.63, 3.8) is 0 Å². The molecular formula is C18H28N2O. The molecule has 1 saturated carbocycles. The Hall–Kier alpha value is -1.06. The predicted molar refractivity (Wildman–Crippen MR) is 86.8 cm³/mol. The second-order valence-electron chi connectivity index (χ2n) is 6.37. The number of rotatable bonds is 4. The van der Waals surface area contributed by atoms with E-state index < -0.39 is 0 Å². The van der Waals surface area contributed by atoms with E-state index in [1.54, 1.807) is 7.11 Å². The Balaban J connectivity index is 1.89. The zero-order valence-corrected chi connectivity index (χ0v) is 13.2. The third-order valence-electron chi connectivity index (χ3n) is 5.10. The molecule has 1 aromatic rings. The molecule has 21 heavy (non-hydrogen) atoms. The van der Waals surface area contributed by atoms with Crippen LogP contribution in [0.3, 0.4) is 0 Å². The van der Waals surface area contributed by atoms with Gasteiger partial charge in [-0.25, -0.2) is 0 Å². The lowest BCUT2D eigenvalue weighted by molar-refractivity contribution is 0.101. The summed E-state index contributed by atoms with van der Waals surface area (Å²) in [6.45, 7) is 4.52. The van der Waals surface area contributed by atoms with Gasteiger partial charge in [0.2, 0.25) is 0 Å². The largest absolute Gasteiger partial charge is 0.496 e. The van der Waals surface area contributed by atoms with Gasteiger partial charge in [0.15, 0.2) is 0 Å². The quantitative estimate of drug-likeness (QED) is 0.920. The van der Waals surface area contributed by atoms with Crippen molar-refractivity contribution in [2.24, 2.45) is 5.92 Å². The van der Waals surface area contributed by atoms with E-state index in [0.717, 1.165) is 37.8 Å². The van der Waals surface area contributed by atoms with Crippen LogP contribution in [0.2, 0.25) is 0 Å². The van der Waals surface area contributed by atoms with Crippen molar-refractivity contribution in [1.82, 2.24) is 10.2 Å². The van der Waals surface area contributed by atoms with Crippen molar-refractivity contribution < 1.29 is 4.74 Å². The van der Waals surface area contributed by atoms with E-state index in [9.17, 15) is 0 Å². The molecule has 0 radical (unpaired) electrons. The molecule has 1 aliphatic carbocycles. The third-order valence-corrected chi connectivity index (χ3v) is 5.10. The smallest absolute Gasteiger partial charge is 0.123 e. The highest BCUT2D eigenvalue weighted by Crippen LogP contribution is 2.41. The lowest BCUT2D eigenvalue weighted by Crippen LogP contribution is -2.47. The van der Waals surface area contributed by atoms with Gasteiger partial charge in [0, 0.05) is 37.8 Å². The van der Waals surface area contributed by atoms with Gasteiger partial charge in [0.05, 0.1) is 7.11 Å². The fraction of sp³-hybridized carbons (Fsp3) is 0.667. The van der Waals surface area contributed by atoms with Gasteiger partial charge in [0.25, 0.3) is 0 Å². The Morgan fingerprint density at radius 1 is 1.10 bits per heavy atom. The van der Waals surface area contributed by atoms with Gasteiger partial charge >= 0.3 is 0 Å². The number of methoxy groups -OCH3 is 1. The summed E-state index contributed by atoms with van der Waals surface area (Å²) in [7, 11) is 1.80. The molecule has 2 fully saturated rings. The van der Waals surface area contributed by atoms with Crippen LogP contribution >= 0.6 is 0 Å². The van der Waals surface area contributed by atoms with Crippen LogP contribution in [0.4, 0.5) is 0 Å². The van der Waals surface area contributed by atoms with Crippen molar-refractivity contribution in [3.8, 4) is 5.75 Å². The van der Waals surface area contributed by atoms with Gasteiger partial charge < -0.3 is 10.1 Å². The molecule has 1 atom stereocenters. The van der Waals surface area contributed by atoms with Gasteiger partial charge in [-0.3, -0.25) is 4.90 Å². The van der Waals surface area contributed by atoms with Crippen LogP contribution in [0.15, 0.2) is 24.3 Å². The van der Waals surface area contributed by atoms with Crippen LogP contribution in [0, 0.1) is 5.92 Å². The highest BCUT2D eigenvalue weighted by molar-refractivity contribution is 5.36. The molecule has 2 aliphatic rings. The van der Waals surface area contributed by atoms with E-state index >= 15 is 0 Å². The van der Waals surface area contributed by atoms with Crippen molar-refractivity contribution in [2.45, 2.75) is 38.1 Å². The number of hydrogen-bond donors (Lipinski definition) is 1. The van der Waals surface area contributed by atoms with Gasteiger partial charge in [-0.1, -0.05) is 37.5 Å². The SMILES string of the molecule is COc1ccccc1[C@H](C1CCCCC1)N1CCNCC1. The number of benzene rings is 1. The van der Waals surface area contributed by atoms with Crippen LogP contribution in [0.5, 0.6) is 5.75 Å². The van der Waals surface area contributed by atoms with Crippen LogP contribution < -0.4 is 10.1 Å². The third kappa shape index (κ3) is 3.41. The van der Waals surface area contributed by atoms with Crippen LogP contribution in [-0.2, 0) is 0 Å². The average Bonchev–Trinajstić information content (AvgIpc) is 2.58. The maximum Gasteiger partial charge on any atom is 0.123 e. The molecule has 1 saturated heterocycles. The summed E-state index contributed by atoms with van der Waals surface area (Å²) < 4.78 is 5.67. The van der Waals surface area contributed by atoms with E-state index in [1.807, 2.05) is 0 Å². The molecule has 1 aliphatic heterocycles. The number of ether oxygens (including phenoxy) is 1. The second-order valence-corrected chi connectivity index (χ2v) is 6.37. The zero-order chi connectivity index (χ0) is 14.5. The Bertz CT molecular complexity index is 419. The summed E-state index contributed by atoms with van der Waals surface area (Å²) in [5, 5.41) is 3.48. The molecule has 3 nitrogen and oxygen atoms in total. The Morgan fingerprint density at radius 2 is 1.81 bits per heavy atom. The molecule has 0 spiro atoms. The van der Waals surface area contributed by atoms with Gasteiger partial charge in [-0.2, -0.15) is 0 Å². The average molecular weight is 288 g/mol. The number of para-hydroxylation sites is 1. The van der Waals surface area contributed by atoms with E-state index in [1.165, 1.54) is 37.7 Å². The molecule has 3 heteroatoms. The number of hydrogen-bond acceptors (Lipinski definition) is 3. The molecule has 0 amide bonds. The lowest BCUT2D eigenvalue weighted by Gasteiger charge is -2.41. The highest BCUT2D eigenvalue weighted by Gasteiger charge is 2.32. The molecular weight excluding hydrogens is 260 g/mol. The van der Waals surface area contributed by atoms with Crippen molar-refractivity contribution >= 4 is 0 Å². The van der Waals surface area contributed by atoms with Crippen LogP contribution in [-0.4, -0.2) is 38.2 Å². The summed E-state index contributed by atoms with van der Waals surface area (Å²) in [4.78, 5) is 2.68. The summed E-state index contributed by atoms with van der Waals surface area (Å²) in [6.07, 6.45) is 6.93. The monoisotopic (exact) mass is 288 g/mol. The van der Waals surface area contributed by atoms with E-state index in [0.29, 0.717) is 6.04 Å². The Kier molecular flexibility index (Phi) is 5.15. The molecule has 0 bridgehead atoms. The van der Waals surface area contributed by atoms with Gasteiger partial charge in [0.1, 0.15) is 5.75 Å². The van der Waals surface area contributed by atoms with Crippen molar-refractivity contribution in [1.29, 1.82) is 0 Å². The topological polar surface area (TPSA) is 24.5 Å². The maximum absolute atomic E-state index is 5.67. The first kappa shape index (κ1) is 14.9. The molecule has 1 aromatic carbocycles. The Morgan fingerprint density at radius 3 is 2.52 bits per heavy atom. The summed E-state index contributed by atoms with van der Waals surface area (Å²) in [5.74, 6) is 1.85. The summed E-state index contributed by atoms with van der Waals surface area (Å²) in [5.41, 5.74) is 1.40. The molecule has 116 valence electrons. The molecule has 0 unspecified atom stereocenters. The van der Waals surface area contributed by atoms with Crippen molar-refractivity contribution in [2.75, 3.05) is 33.3 Å². The van der Waals surface area contributed by atoms with E-state index in [2.05, 4.69) is 34.5 Å². The lowest BCUT2D eigenvalue weighted by atomic mass is 9.80. The van der Waals surface area contributed by atoms with Crippen molar-refractivity contribution in [3.05, 3.63) is 29.8 Å². The zero-order valence-electron chi connectivity index (χ0n) is 13.2. The normalized spacial score (nSPS) is 22.9. The highest BCUT2D eigenvalue weighted by atomic mass is 16.5. The minimum Gasteiger partial charge on any atom is -0.496 e. The summed E-state index contributed by atoms with van der Waals surface area (Å²) in [6, 6.07) is 9.17. The minimum atomic E-state index is 0.531. The minimum absolute atomic E-state index is 0.531. The molecule has 3 rings (SSSR count). The van der Waals surface area contributed by atoms with Gasteiger partial charge in [-0.05, 0) is 24.8 Å². The predicted octanol–water partition coefficient (Wildman–Crippen LogP) is 3.22. The number of nitrogens with one attached hydrogen (secondary N) is 1. The standard InChI is InChI=1S/C18H28N2O/c1-21-17-10-6-5-9-16(17)18(15-7-3-2-4-8-15)20-13-11-19-12-14-20/h5-6,9-10,15,18-19H,2-4,7-8,11-14H2,1H3/t18-/m0/s1. The molecule has 0 aromatic heterocycles. The summed E-state index contributed by atoms with van der Waals surface area (Å²) >= 11 is 0. The maximum atomic E-state index is 5.67.